The molecule has 2 N–H and O–H groups in total. The highest BCUT2D eigenvalue weighted by Crippen LogP contribution is 2.27. The Morgan fingerprint density at radius 2 is 1.73 bits per heavy atom. The third kappa shape index (κ3) is 7.17. The van der Waals surface area contributed by atoms with E-state index in [9.17, 15) is 0 Å². The van der Waals surface area contributed by atoms with Gasteiger partial charge in [-0.05, 0) is 41.9 Å². The minimum atomic E-state index is 0.444. The zero-order chi connectivity index (χ0) is 16.6. The third-order valence-corrected chi connectivity index (χ3v) is 3.91. The summed E-state index contributed by atoms with van der Waals surface area (Å²) in [4.78, 5) is 0. The van der Waals surface area contributed by atoms with Crippen LogP contribution in [0, 0.1) is 11.3 Å². The van der Waals surface area contributed by atoms with Gasteiger partial charge in [0, 0.05) is 6.42 Å². The second-order valence-corrected chi connectivity index (χ2v) is 7.46. The van der Waals surface area contributed by atoms with Crippen molar-refractivity contribution in [2.45, 2.75) is 47.0 Å². The summed E-state index contributed by atoms with van der Waals surface area (Å²) in [5, 5.41) is 2.43. The molecule has 0 fully saturated rings. The standard InChI is InChI=1S/C19H33NO2/c1-15(14-19(2,3)4)9-11-20-12-10-16-7-8-17(21-5)18(13-16)22-6/h7-8,13,15,20H,9-12,14H2,1-6H3/p+1/t15-/m1/s1. The van der Waals surface area contributed by atoms with Crippen LogP contribution in [0.4, 0.5) is 0 Å². The molecule has 0 spiro atoms. The van der Waals surface area contributed by atoms with Gasteiger partial charge in [-0.2, -0.15) is 0 Å². The first-order valence-corrected chi connectivity index (χ1v) is 8.38. The Kier molecular flexibility index (Phi) is 7.74. The lowest BCUT2D eigenvalue weighted by Crippen LogP contribution is -2.84. The van der Waals surface area contributed by atoms with Crippen LogP contribution in [-0.2, 0) is 6.42 Å². The van der Waals surface area contributed by atoms with Crippen molar-refractivity contribution in [3.05, 3.63) is 23.8 Å². The lowest BCUT2D eigenvalue weighted by atomic mass is 9.84. The van der Waals surface area contributed by atoms with Crippen LogP contribution in [0.5, 0.6) is 11.5 Å². The Morgan fingerprint density at radius 3 is 2.32 bits per heavy atom. The van der Waals surface area contributed by atoms with Crippen LogP contribution < -0.4 is 14.8 Å². The molecule has 3 heteroatoms. The summed E-state index contributed by atoms with van der Waals surface area (Å²) in [6.45, 7) is 11.7. The van der Waals surface area contributed by atoms with E-state index in [1.54, 1.807) is 14.2 Å². The van der Waals surface area contributed by atoms with Crippen molar-refractivity contribution < 1.29 is 14.8 Å². The highest BCUT2D eigenvalue weighted by molar-refractivity contribution is 5.42. The second-order valence-electron chi connectivity index (χ2n) is 7.46. The summed E-state index contributed by atoms with van der Waals surface area (Å²) in [5.74, 6) is 2.42. The van der Waals surface area contributed by atoms with E-state index >= 15 is 0 Å². The molecule has 3 nitrogen and oxygen atoms in total. The molecule has 0 aromatic heterocycles. The predicted molar refractivity (Wildman–Crippen MR) is 92.8 cm³/mol. The smallest absolute Gasteiger partial charge is 0.160 e. The van der Waals surface area contributed by atoms with Crippen molar-refractivity contribution in [2.75, 3.05) is 27.3 Å². The van der Waals surface area contributed by atoms with Crippen LogP contribution in [0.15, 0.2) is 18.2 Å². The highest BCUT2D eigenvalue weighted by Gasteiger charge is 2.15. The number of methoxy groups -OCH3 is 2. The van der Waals surface area contributed by atoms with Crippen LogP contribution in [0.2, 0.25) is 0 Å². The Balaban J connectivity index is 2.27. The van der Waals surface area contributed by atoms with Gasteiger partial charge in [0.1, 0.15) is 0 Å². The maximum absolute atomic E-state index is 5.35. The van der Waals surface area contributed by atoms with E-state index in [0.29, 0.717) is 5.41 Å². The van der Waals surface area contributed by atoms with E-state index in [-0.39, 0.29) is 0 Å². The van der Waals surface area contributed by atoms with Crippen molar-refractivity contribution in [1.29, 1.82) is 0 Å². The molecule has 1 atom stereocenters. The number of quaternary nitrogens is 1. The SMILES string of the molecule is COc1ccc(CC[NH2+]CC[C@@H](C)CC(C)(C)C)cc1OC. The molecule has 0 aliphatic carbocycles. The Labute approximate surface area is 136 Å². The van der Waals surface area contributed by atoms with Gasteiger partial charge in [-0.25, -0.2) is 0 Å². The lowest BCUT2D eigenvalue weighted by Gasteiger charge is -2.22. The average molecular weight is 308 g/mol. The maximum atomic E-state index is 5.35. The van der Waals surface area contributed by atoms with Gasteiger partial charge in [0.2, 0.25) is 0 Å². The summed E-state index contributed by atoms with van der Waals surface area (Å²) < 4.78 is 10.6. The number of hydrogen-bond donors (Lipinski definition) is 1. The fraction of sp³-hybridized carbons (Fsp3) is 0.684. The molecule has 0 aliphatic heterocycles. The first kappa shape index (κ1) is 18.8. The highest BCUT2D eigenvalue weighted by atomic mass is 16.5. The van der Waals surface area contributed by atoms with Gasteiger partial charge in [0.15, 0.2) is 11.5 Å². The molecule has 0 amide bonds. The van der Waals surface area contributed by atoms with E-state index in [2.05, 4.69) is 45.1 Å². The van der Waals surface area contributed by atoms with Crippen molar-refractivity contribution in [3.8, 4) is 11.5 Å². The van der Waals surface area contributed by atoms with Gasteiger partial charge in [0.25, 0.3) is 0 Å². The molecule has 0 radical (unpaired) electrons. The Morgan fingerprint density at radius 1 is 1.05 bits per heavy atom. The third-order valence-electron chi connectivity index (χ3n) is 3.91. The molecular formula is C19H34NO2+. The van der Waals surface area contributed by atoms with Gasteiger partial charge in [-0.1, -0.05) is 33.8 Å². The first-order chi connectivity index (χ1) is 10.4. The van der Waals surface area contributed by atoms with Crippen LogP contribution >= 0.6 is 0 Å². The molecule has 0 heterocycles. The first-order valence-electron chi connectivity index (χ1n) is 8.38. The van der Waals surface area contributed by atoms with E-state index in [0.717, 1.165) is 30.4 Å². The zero-order valence-electron chi connectivity index (χ0n) is 15.2. The molecule has 1 rings (SSSR count). The van der Waals surface area contributed by atoms with Crippen LogP contribution in [0.3, 0.4) is 0 Å². The van der Waals surface area contributed by atoms with Crippen molar-refractivity contribution in [1.82, 2.24) is 0 Å². The summed E-state index contributed by atoms with van der Waals surface area (Å²) in [6.07, 6.45) is 3.66. The molecule has 0 saturated heterocycles. The number of ether oxygens (including phenoxy) is 2. The Hall–Kier alpha value is -1.22. The largest absolute Gasteiger partial charge is 0.493 e. The molecule has 1 aromatic carbocycles. The normalized spacial score (nSPS) is 13.0. The second kappa shape index (κ2) is 9.04. The van der Waals surface area contributed by atoms with Crippen LogP contribution in [0.1, 0.15) is 46.1 Å². The van der Waals surface area contributed by atoms with Gasteiger partial charge in [-0.3, -0.25) is 0 Å². The molecular weight excluding hydrogens is 274 g/mol. The zero-order valence-corrected chi connectivity index (χ0v) is 15.2. The van der Waals surface area contributed by atoms with E-state index in [1.165, 1.54) is 24.9 Å². The van der Waals surface area contributed by atoms with Crippen molar-refractivity contribution in [2.24, 2.45) is 11.3 Å². The number of benzene rings is 1. The average Bonchev–Trinajstić information content (AvgIpc) is 2.44. The van der Waals surface area contributed by atoms with Gasteiger partial charge in [-0.15, -0.1) is 0 Å². The van der Waals surface area contributed by atoms with Crippen molar-refractivity contribution in [3.63, 3.8) is 0 Å². The van der Waals surface area contributed by atoms with Crippen LogP contribution in [-0.4, -0.2) is 27.3 Å². The molecule has 0 saturated carbocycles. The Bertz CT molecular complexity index is 438. The summed E-state index contributed by atoms with van der Waals surface area (Å²) in [7, 11) is 3.36. The number of rotatable bonds is 9. The van der Waals surface area contributed by atoms with E-state index in [4.69, 9.17) is 9.47 Å². The summed E-state index contributed by atoms with van der Waals surface area (Å²) in [5.41, 5.74) is 1.75. The summed E-state index contributed by atoms with van der Waals surface area (Å²) >= 11 is 0. The maximum Gasteiger partial charge on any atom is 0.160 e. The molecule has 0 unspecified atom stereocenters. The van der Waals surface area contributed by atoms with E-state index in [1.807, 2.05) is 6.07 Å². The number of nitrogens with two attached hydrogens (primary N) is 1. The number of hydrogen-bond acceptors (Lipinski definition) is 2. The molecule has 0 bridgehead atoms. The lowest BCUT2D eigenvalue weighted by molar-refractivity contribution is -0.655. The predicted octanol–water partition coefficient (Wildman–Crippen LogP) is 3.27. The molecule has 1 aromatic rings. The minimum Gasteiger partial charge on any atom is -0.493 e. The van der Waals surface area contributed by atoms with Gasteiger partial charge >= 0.3 is 0 Å². The summed E-state index contributed by atoms with van der Waals surface area (Å²) in [6, 6.07) is 6.19. The fourth-order valence-corrected chi connectivity index (χ4v) is 3.00. The monoisotopic (exact) mass is 308 g/mol. The molecule has 126 valence electrons. The minimum absolute atomic E-state index is 0.444. The van der Waals surface area contributed by atoms with Gasteiger partial charge < -0.3 is 14.8 Å². The topological polar surface area (TPSA) is 35.1 Å². The fourth-order valence-electron chi connectivity index (χ4n) is 3.00. The van der Waals surface area contributed by atoms with E-state index < -0.39 is 0 Å². The molecule has 22 heavy (non-hydrogen) atoms. The quantitative estimate of drug-likeness (QED) is 0.711. The van der Waals surface area contributed by atoms with Crippen molar-refractivity contribution >= 4 is 0 Å². The van der Waals surface area contributed by atoms with Crippen LogP contribution in [0.25, 0.3) is 0 Å². The molecule has 0 aliphatic rings. The van der Waals surface area contributed by atoms with Gasteiger partial charge in [0.05, 0.1) is 27.3 Å².